The van der Waals surface area contributed by atoms with Crippen LogP contribution in [0.5, 0.6) is 0 Å². The van der Waals surface area contributed by atoms with Crippen LogP contribution in [0.15, 0.2) is 18.2 Å². The Bertz CT molecular complexity index is 377. The van der Waals surface area contributed by atoms with E-state index in [1.54, 1.807) is 0 Å². The summed E-state index contributed by atoms with van der Waals surface area (Å²) in [5.41, 5.74) is 2.89. The molecule has 1 aromatic carbocycles. The molecule has 0 saturated carbocycles. The van der Waals surface area contributed by atoms with E-state index >= 15 is 0 Å². The van der Waals surface area contributed by atoms with E-state index in [4.69, 9.17) is 5.11 Å². The van der Waals surface area contributed by atoms with E-state index in [1.807, 2.05) is 18.2 Å². The predicted molar refractivity (Wildman–Crippen MR) is 59.4 cm³/mol. The first-order valence-corrected chi connectivity index (χ1v) is 5.08. The first-order chi connectivity index (χ1) is 7.25. The minimum Gasteiger partial charge on any atom is -0.481 e. The van der Waals surface area contributed by atoms with Crippen LogP contribution >= 0.6 is 0 Å². The monoisotopic (exact) mass is 206 g/mol. The Morgan fingerprint density at radius 1 is 1.27 bits per heavy atom. The maximum atomic E-state index is 10.6. The summed E-state index contributed by atoms with van der Waals surface area (Å²) in [7, 11) is 0. The summed E-state index contributed by atoms with van der Waals surface area (Å²) in [6.45, 7) is 1.88. The molecule has 0 aliphatic carbocycles. The maximum Gasteiger partial charge on any atom is 0.307 e. The molecule has 1 heterocycles. The molecule has 15 heavy (non-hydrogen) atoms. The van der Waals surface area contributed by atoms with Gasteiger partial charge in [-0.1, -0.05) is 6.07 Å². The highest BCUT2D eigenvalue weighted by atomic mass is 16.4. The van der Waals surface area contributed by atoms with E-state index in [0.717, 1.165) is 36.4 Å². The van der Waals surface area contributed by atoms with Gasteiger partial charge in [0.05, 0.1) is 17.8 Å². The second-order valence-corrected chi connectivity index (χ2v) is 3.66. The Morgan fingerprint density at radius 2 is 2.00 bits per heavy atom. The first-order valence-electron chi connectivity index (χ1n) is 5.08. The molecule has 3 N–H and O–H groups in total. The second kappa shape index (κ2) is 4.21. The van der Waals surface area contributed by atoms with Gasteiger partial charge in [0.25, 0.3) is 0 Å². The Morgan fingerprint density at radius 3 is 2.73 bits per heavy atom. The first kappa shape index (κ1) is 9.83. The molecule has 1 aromatic rings. The van der Waals surface area contributed by atoms with Gasteiger partial charge in [-0.05, 0) is 24.1 Å². The molecule has 0 amide bonds. The van der Waals surface area contributed by atoms with Gasteiger partial charge >= 0.3 is 5.97 Å². The quantitative estimate of drug-likeness (QED) is 0.687. The number of anilines is 2. The van der Waals surface area contributed by atoms with Crippen molar-refractivity contribution in [1.82, 2.24) is 0 Å². The molecule has 1 aliphatic rings. The van der Waals surface area contributed by atoms with Gasteiger partial charge in [0.1, 0.15) is 0 Å². The van der Waals surface area contributed by atoms with E-state index in [0.29, 0.717) is 0 Å². The van der Waals surface area contributed by atoms with Crippen molar-refractivity contribution < 1.29 is 9.90 Å². The number of rotatable bonds is 2. The third kappa shape index (κ3) is 2.40. The molecular weight excluding hydrogens is 192 g/mol. The average Bonchev–Trinajstić information content (AvgIpc) is 2.41. The van der Waals surface area contributed by atoms with Gasteiger partial charge in [-0.15, -0.1) is 0 Å². The number of hydrogen-bond donors (Lipinski definition) is 3. The third-order valence-corrected chi connectivity index (χ3v) is 2.42. The maximum absolute atomic E-state index is 10.6. The molecule has 4 nitrogen and oxygen atoms in total. The van der Waals surface area contributed by atoms with Gasteiger partial charge in [0, 0.05) is 13.1 Å². The molecule has 0 unspecified atom stereocenters. The molecule has 0 radical (unpaired) electrons. The number of benzene rings is 1. The highest BCUT2D eigenvalue weighted by Gasteiger charge is 2.08. The number of carboxylic acids is 1. The second-order valence-electron chi connectivity index (χ2n) is 3.66. The van der Waals surface area contributed by atoms with Crippen LogP contribution in [0.3, 0.4) is 0 Å². The minimum atomic E-state index is -0.795. The Balaban J connectivity index is 2.23. The van der Waals surface area contributed by atoms with Crippen molar-refractivity contribution in [3.63, 3.8) is 0 Å². The summed E-state index contributed by atoms with van der Waals surface area (Å²) in [6.07, 6.45) is 1.15. The van der Waals surface area contributed by atoms with E-state index < -0.39 is 5.97 Å². The van der Waals surface area contributed by atoms with Crippen LogP contribution in [0.4, 0.5) is 11.4 Å². The fourth-order valence-electron chi connectivity index (χ4n) is 1.71. The van der Waals surface area contributed by atoms with Crippen LogP contribution in [0.2, 0.25) is 0 Å². The molecule has 0 aromatic heterocycles. The van der Waals surface area contributed by atoms with E-state index in [2.05, 4.69) is 10.6 Å². The van der Waals surface area contributed by atoms with Crippen molar-refractivity contribution in [2.45, 2.75) is 12.8 Å². The number of nitrogens with one attached hydrogen (secondary N) is 2. The van der Waals surface area contributed by atoms with Gasteiger partial charge in [-0.2, -0.15) is 0 Å². The van der Waals surface area contributed by atoms with Crippen LogP contribution in [0, 0.1) is 0 Å². The lowest BCUT2D eigenvalue weighted by Gasteiger charge is -2.09. The molecule has 2 rings (SSSR count). The highest BCUT2D eigenvalue weighted by molar-refractivity contribution is 5.74. The van der Waals surface area contributed by atoms with E-state index in [1.165, 1.54) is 0 Å². The number of carbonyl (C=O) groups is 1. The largest absolute Gasteiger partial charge is 0.481 e. The number of carboxylic acid groups (broad SMARTS) is 1. The fraction of sp³-hybridized carbons (Fsp3) is 0.364. The zero-order valence-corrected chi connectivity index (χ0v) is 8.42. The van der Waals surface area contributed by atoms with Gasteiger partial charge in [-0.3, -0.25) is 4.79 Å². The predicted octanol–water partition coefficient (Wildman–Crippen LogP) is 1.54. The Kier molecular flexibility index (Phi) is 2.76. The summed E-state index contributed by atoms with van der Waals surface area (Å²) >= 11 is 0. The van der Waals surface area contributed by atoms with Crippen molar-refractivity contribution in [2.75, 3.05) is 23.7 Å². The summed E-state index contributed by atoms with van der Waals surface area (Å²) < 4.78 is 0. The molecule has 0 atom stereocenters. The van der Waals surface area contributed by atoms with Crippen LogP contribution < -0.4 is 10.6 Å². The Hall–Kier alpha value is -1.71. The number of aliphatic carboxylic acids is 1. The lowest BCUT2D eigenvalue weighted by atomic mass is 10.1. The number of hydrogen-bond acceptors (Lipinski definition) is 3. The van der Waals surface area contributed by atoms with Crippen molar-refractivity contribution in [3.05, 3.63) is 23.8 Å². The molecule has 1 aliphatic heterocycles. The number of fused-ring (bicyclic) bond motifs is 1. The van der Waals surface area contributed by atoms with Crippen LogP contribution in [-0.4, -0.2) is 24.2 Å². The summed E-state index contributed by atoms with van der Waals surface area (Å²) in [4.78, 5) is 10.6. The van der Waals surface area contributed by atoms with Crippen molar-refractivity contribution in [3.8, 4) is 0 Å². The topological polar surface area (TPSA) is 61.4 Å². The molecule has 4 heteroatoms. The standard InChI is InChI=1S/C11H14N2O2/c14-11(15)7-8-2-3-9-10(6-8)13-5-1-4-12-9/h2-3,6,12-13H,1,4-5,7H2,(H,14,15). The van der Waals surface area contributed by atoms with Crippen LogP contribution in [-0.2, 0) is 11.2 Å². The van der Waals surface area contributed by atoms with Gasteiger partial charge in [0.2, 0.25) is 0 Å². The molecule has 0 spiro atoms. The van der Waals surface area contributed by atoms with Crippen LogP contribution in [0.25, 0.3) is 0 Å². The molecule has 80 valence electrons. The zero-order valence-electron chi connectivity index (χ0n) is 8.42. The van der Waals surface area contributed by atoms with Crippen molar-refractivity contribution in [2.24, 2.45) is 0 Å². The molecule has 0 fully saturated rings. The molecule has 0 bridgehead atoms. The lowest BCUT2D eigenvalue weighted by Crippen LogP contribution is -2.02. The van der Waals surface area contributed by atoms with Gasteiger partial charge in [0.15, 0.2) is 0 Å². The van der Waals surface area contributed by atoms with E-state index in [9.17, 15) is 4.79 Å². The molecule has 0 saturated heterocycles. The van der Waals surface area contributed by atoms with E-state index in [-0.39, 0.29) is 6.42 Å². The van der Waals surface area contributed by atoms with Gasteiger partial charge in [-0.25, -0.2) is 0 Å². The van der Waals surface area contributed by atoms with Crippen LogP contribution in [0.1, 0.15) is 12.0 Å². The minimum absolute atomic E-state index is 0.0783. The third-order valence-electron chi connectivity index (χ3n) is 2.42. The summed E-state index contributed by atoms with van der Waals surface area (Å²) in [5.74, 6) is -0.795. The normalized spacial score (nSPS) is 14.4. The molecular formula is C11H14N2O2. The smallest absolute Gasteiger partial charge is 0.307 e. The summed E-state index contributed by atoms with van der Waals surface area (Å²) in [5, 5.41) is 15.3. The van der Waals surface area contributed by atoms with Gasteiger partial charge < -0.3 is 15.7 Å². The highest BCUT2D eigenvalue weighted by Crippen LogP contribution is 2.25. The summed E-state index contributed by atoms with van der Waals surface area (Å²) in [6, 6.07) is 5.70. The average molecular weight is 206 g/mol. The van der Waals surface area contributed by atoms with Crippen molar-refractivity contribution in [1.29, 1.82) is 0 Å². The zero-order chi connectivity index (χ0) is 10.7. The lowest BCUT2D eigenvalue weighted by molar-refractivity contribution is -0.136. The Labute approximate surface area is 88.3 Å². The fourth-order valence-corrected chi connectivity index (χ4v) is 1.71. The van der Waals surface area contributed by atoms with Crippen molar-refractivity contribution >= 4 is 17.3 Å². The SMILES string of the molecule is O=C(O)Cc1ccc2c(c1)NCCCN2.